The summed E-state index contributed by atoms with van der Waals surface area (Å²) in [5.74, 6) is -0.0499. The largest absolute Gasteiger partial charge is 0.316 e. The number of rotatable bonds is 2. The Balaban J connectivity index is 2.47. The van der Waals surface area contributed by atoms with Crippen molar-refractivity contribution in [2.24, 2.45) is 5.73 Å². The minimum Gasteiger partial charge on any atom is -0.316 e. The monoisotopic (exact) mass is 188 g/mol. The highest BCUT2D eigenvalue weighted by Gasteiger charge is 2.33. The molecule has 1 unspecified atom stereocenters. The van der Waals surface area contributed by atoms with Gasteiger partial charge in [0.05, 0.1) is 0 Å². The third-order valence-electron chi connectivity index (χ3n) is 2.41. The van der Waals surface area contributed by atoms with Crippen LogP contribution in [0.4, 0.5) is 5.69 Å². The highest BCUT2D eigenvalue weighted by atomic mass is 16.2. The molecule has 1 aliphatic rings. The number of carbonyl (C=O) groups excluding carboxylic acids is 1. The van der Waals surface area contributed by atoms with E-state index in [-0.39, 0.29) is 5.91 Å². The summed E-state index contributed by atoms with van der Waals surface area (Å²) in [6.45, 7) is 4.14. The molecule has 14 heavy (non-hydrogen) atoms. The maximum absolute atomic E-state index is 11.7. The molecule has 2 rings (SSSR count). The molecule has 0 spiro atoms. The van der Waals surface area contributed by atoms with Crippen molar-refractivity contribution in [3.8, 4) is 0 Å². The zero-order chi connectivity index (χ0) is 10.1. The zero-order valence-corrected chi connectivity index (χ0v) is 7.81. The molecule has 1 atom stereocenters. The quantitative estimate of drug-likeness (QED) is 0.709. The van der Waals surface area contributed by atoms with Gasteiger partial charge in [-0.15, -0.1) is 6.58 Å². The van der Waals surface area contributed by atoms with Gasteiger partial charge >= 0.3 is 0 Å². The molecule has 3 heteroatoms. The van der Waals surface area contributed by atoms with Crippen molar-refractivity contribution < 1.29 is 4.79 Å². The number of amides is 1. The maximum Gasteiger partial charge on any atom is 0.248 e. The third-order valence-corrected chi connectivity index (χ3v) is 2.41. The molecule has 0 aromatic heterocycles. The van der Waals surface area contributed by atoms with E-state index in [1.807, 2.05) is 24.3 Å². The van der Waals surface area contributed by atoms with Gasteiger partial charge in [0.25, 0.3) is 0 Å². The van der Waals surface area contributed by atoms with Gasteiger partial charge in [0.1, 0.15) is 6.04 Å². The molecule has 3 nitrogen and oxygen atoms in total. The van der Waals surface area contributed by atoms with E-state index in [2.05, 4.69) is 6.58 Å². The maximum atomic E-state index is 11.7. The van der Waals surface area contributed by atoms with Crippen LogP contribution in [0.2, 0.25) is 0 Å². The summed E-state index contributed by atoms with van der Waals surface area (Å²) in [7, 11) is 0. The molecular formula is C11H12N2O. The van der Waals surface area contributed by atoms with Crippen molar-refractivity contribution in [2.75, 3.05) is 11.4 Å². The second kappa shape index (κ2) is 3.27. The number of benzene rings is 1. The fourth-order valence-electron chi connectivity index (χ4n) is 1.73. The summed E-state index contributed by atoms with van der Waals surface area (Å²) in [5.41, 5.74) is 7.59. The van der Waals surface area contributed by atoms with Gasteiger partial charge in [-0.1, -0.05) is 24.3 Å². The number of anilines is 1. The Morgan fingerprint density at radius 2 is 2.21 bits per heavy atom. The number of para-hydroxylation sites is 1. The molecule has 2 N–H and O–H groups in total. The average molecular weight is 188 g/mol. The third kappa shape index (κ3) is 1.14. The summed E-state index contributed by atoms with van der Waals surface area (Å²) in [4.78, 5) is 13.4. The van der Waals surface area contributed by atoms with Crippen LogP contribution in [-0.4, -0.2) is 12.5 Å². The molecular weight excluding hydrogens is 176 g/mol. The van der Waals surface area contributed by atoms with Gasteiger partial charge in [0.15, 0.2) is 0 Å². The number of nitrogens with zero attached hydrogens (tertiary/aromatic N) is 1. The molecule has 0 saturated carbocycles. The average Bonchev–Trinajstić information content (AvgIpc) is 2.45. The van der Waals surface area contributed by atoms with E-state index in [0.717, 1.165) is 11.3 Å². The molecule has 1 aromatic rings. The SMILES string of the molecule is C=CCN1C(=O)C(N)c2ccccc21. The van der Waals surface area contributed by atoms with E-state index in [4.69, 9.17) is 5.73 Å². The Labute approximate surface area is 82.8 Å². The minimum atomic E-state index is -0.508. The Morgan fingerprint density at radius 3 is 2.93 bits per heavy atom. The highest BCUT2D eigenvalue weighted by molar-refractivity contribution is 6.04. The van der Waals surface area contributed by atoms with E-state index in [1.54, 1.807) is 11.0 Å². The van der Waals surface area contributed by atoms with Gasteiger partial charge in [-0.2, -0.15) is 0 Å². The van der Waals surface area contributed by atoms with Crippen molar-refractivity contribution in [3.05, 3.63) is 42.5 Å². The number of nitrogens with two attached hydrogens (primary N) is 1. The van der Waals surface area contributed by atoms with E-state index in [1.165, 1.54) is 0 Å². The van der Waals surface area contributed by atoms with E-state index in [9.17, 15) is 4.79 Å². The Hall–Kier alpha value is -1.61. The summed E-state index contributed by atoms with van der Waals surface area (Å²) in [5, 5.41) is 0. The van der Waals surface area contributed by atoms with Gasteiger partial charge in [-0.3, -0.25) is 4.79 Å². The van der Waals surface area contributed by atoms with Crippen LogP contribution >= 0.6 is 0 Å². The lowest BCUT2D eigenvalue weighted by Gasteiger charge is -2.14. The van der Waals surface area contributed by atoms with Crippen molar-refractivity contribution in [1.82, 2.24) is 0 Å². The Bertz CT molecular complexity index is 387. The van der Waals surface area contributed by atoms with Gasteiger partial charge in [-0.25, -0.2) is 0 Å². The van der Waals surface area contributed by atoms with Gasteiger partial charge in [0.2, 0.25) is 5.91 Å². The second-order valence-electron chi connectivity index (χ2n) is 3.27. The standard InChI is InChI=1S/C11H12N2O/c1-2-7-13-9-6-4-3-5-8(9)10(12)11(13)14/h2-6,10H,1,7,12H2. The zero-order valence-electron chi connectivity index (χ0n) is 7.81. The number of fused-ring (bicyclic) bond motifs is 1. The number of hydrogen-bond donors (Lipinski definition) is 1. The summed E-state index contributed by atoms with van der Waals surface area (Å²) >= 11 is 0. The molecule has 1 aromatic carbocycles. The van der Waals surface area contributed by atoms with E-state index in [0.29, 0.717) is 6.54 Å². The van der Waals surface area contributed by atoms with Gasteiger partial charge < -0.3 is 10.6 Å². The van der Waals surface area contributed by atoms with Crippen LogP contribution in [-0.2, 0) is 4.79 Å². The Kier molecular flexibility index (Phi) is 2.09. The first kappa shape index (κ1) is 8.97. The summed E-state index contributed by atoms with van der Waals surface area (Å²) in [6, 6.07) is 7.08. The van der Waals surface area contributed by atoms with Crippen LogP contribution in [0.15, 0.2) is 36.9 Å². The number of carbonyl (C=O) groups is 1. The fourth-order valence-corrected chi connectivity index (χ4v) is 1.73. The topological polar surface area (TPSA) is 46.3 Å². The molecule has 72 valence electrons. The first-order valence-electron chi connectivity index (χ1n) is 4.52. The van der Waals surface area contributed by atoms with Crippen molar-refractivity contribution in [2.45, 2.75) is 6.04 Å². The van der Waals surface area contributed by atoms with Gasteiger partial charge in [-0.05, 0) is 6.07 Å². The van der Waals surface area contributed by atoms with E-state index >= 15 is 0 Å². The van der Waals surface area contributed by atoms with Crippen LogP contribution in [0.1, 0.15) is 11.6 Å². The predicted molar refractivity (Wildman–Crippen MR) is 55.9 cm³/mol. The van der Waals surface area contributed by atoms with Crippen LogP contribution < -0.4 is 10.6 Å². The lowest BCUT2D eigenvalue weighted by molar-refractivity contribution is -0.119. The van der Waals surface area contributed by atoms with Crippen LogP contribution in [0.5, 0.6) is 0 Å². The fraction of sp³-hybridized carbons (Fsp3) is 0.182. The lowest BCUT2D eigenvalue weighted by atomic mass is 10.1. The van der Waals surface area contributed by atoms with Gasteiger partial charge in [0, 0.05) is 17.8 Å². The van der Waals surface area contributed by atoms with Crippen LogP contribution in [0, 0.1) is 0 Å². The van der Waals surface area contributed by atoms with Crippen molar-refractivity contribution >= 4 is 11.6 Å². The molecule has 0 radical (unpaired) electrons. The van der Waals surface area contributed by atoms with Crippen LogP contribution in [0.3, 0.4) is 0 Å². The van der Waals surface area contributed by atoms with Crippen molar-refractivity contribution in [3.63, 3.8) is 0 Å². The molecule has 1 amide bonds. The first-order chi connectivity index (χ1) is 6.75. The van der Waals surface area contributed by atoms with Crippen molar-refractivity contribution in [1.29, 1.82) is 0 Å². The molecule has 0 bridgehead atoms. The highest BCUT2D eigenvalue weighted by Crippen LogP contribution is 2.33. The molecule has 0 saturated heterocycles. The molecule has 1 aliphatic heterocycles. The molecule has 1 heterocycles. The first-order valence-corrected chi connectivity index (χ1v) is 4.52. The number of hydrogen-bond acceptors (Lipinski definition) is 2. The molecule has 0 aliphatic carbocycles. The van der Waals surface area contributed by atoms with E-state index < -0.39 is 6.04 Å². The Morgan fingerprint density at radius 1 is 1.50 bits per heavy atom. The summed E-state index contributed by atoms with van der Waals surface area (Å²) < 4.78 is 0. The second-order valence-corrected chi connectivity index (χ2v) is 3.27. The summed E-state index contributed by atoms with van der Waals surface area (Å²) in [6.07, 6.45) is 1.70. The predicted octanol–water partition coefficient (Wildman–Crippen LogP) is 1.22. The normalized spacial score (nSPS) is 19.6. The molecule has 0 fully saturated rings. The smallest absolute Gasteiger partial charge is 0.248 e. The minimum absolute atomic E-state index is 0.0499. The lowest BCUT2D eigenvalue weighted by Crippen LogP contribution is -2.31. The van der Waals surface area contributed by atoms with Crippen LogP contribution in [0.25, 0.3) is 0 Å².